The van der Waals surface area contributed by atoms with Crippen LogP contribution in [-0.4, -0.2) is 54.3 Å². The molecule has 4 rings (SSSR count). The van der Waals surface area contributed by atoms with Crippen molar-refractivity contribution in [3.05, 3.63) is 94.9 Å². The number of carbonyl (C=O) groups excluding carboxylic acids is 2. The van der Waals surface area contributed by atoms with Gasteiger partial charge in [0, 0.05) is 26.2 Å². The Hall–Kier alpha value is -3.52. The zero-order valence-electron chi connectivity index (χ0n) is 18.3. The van der Waals surface area contributed by atoms with E-state index in [9.17, 15) is 18.4 Å². The van der Waals surface area contributed by atoms with Crippen LogP contribution in [0.4, 0.5) is 8.78 Å². The first-order valence-corrected chi connectivity index (χ1v) is 10.8. The van der Waals surface area contributed by atoms with Crippen LogP contribution in [0.1, 0.15) is 33.3 Å². The number of aryl methyl sites for hydroxylation is 1. The predicted octanol–water partition coefficient (Wildman–Crippen LogP) is 3.53. The molecule has 0 aliphatic carbocycles. The summed E-state index contributed by atoms with van der Waals surface area (Å²) in [6.45, 7) is 3.73. The van der Waals surface area contributed by atoms with Crippen LogP contribution >= 0.6 is 0 Å². The van der Waals surface area contributed by atoms with E-state index >= 15 is 0 Å². The highest BCUT2D eigenvalue weighted by molar-refractivity contribution is 5.97. The summed E-state index contributed by atoms with van der Waals surface area (Å²) in [6.07, 6.45) is 1.43. The van der Waals surface area contributed by atoms with E-state index in [0.717, 1.165) is 11.1 Å². The van der Waals surface area contributed by atoms with Crippen molar-refractivity contribution in [3.63, 3.8) is 0 Å². The molecule has 172 valence electrons. The first kappa shape index (κ1) is 22.7. The van der Waals surface area contributed by atoms with E-state index in [2.05, 4.69) is 10.2 Å². The molecule has 1 saturated heterocycles. The quantitative estimate of drug-likeness (QED) is 0.620. The Morgan fingerprint density at radius 1 is 0.909 bits per heavy atom. The molecular formula is C25H25F2N3O3. The molecule has 1 aromatic heterocycles. The van der Waals surface area contributed by atoms with E-state index in [1.165, 1.54) is 30.5 Å². The molecule has 33 heavy (non-hydrogen) atoms. The number of halogens is 2. The highest BCUT2D eigenvalue weighted by Gasteiger charge is 2.28. The molecule has 6 nitrogen and oxygen atoms in total. The standard InChI is InChI=1S/C25H25F2N3O3/c1-17-22(10-15-33-17)25(32)28-16-23(31)29-11-13-30(14-12-29)24(18-2-6-20(26)7-3-18)19-4-8-21(27)9-5-19/h2-10,15,24H,11-14,16H2,1H3,(H,28,32). The highest BCUT2D eigenvalue weighted by Crippen LogP contribution is 2.30. The summed E-state index contributed by atoms with van der Waals surface area (Å²) >= 11 is 0. The lowest BCUT2D eigenvalue weighted by Crippen LogP contribution is -2.52. The maximum Gasteiger partial charge on any atom is 0.255 e. The number of nitrogens with one attached hydrogen (secondary N) is 1. The third kappa shape index (κ3) is 5.28. The van der Waals surface area contributed by atoms with Crippen LogP contribution in [0.2, 0.25) is 0 Å². The van der Waals surface area contributed by atoms with Gasteiger partial charge in [-0.3, -0.25) is 14.5 Å². The molecule has 0 spiro atoms. The van der Waals surface area contributed by atoms with Gasteiger partial charge in [0.2, 0.25) is 5.91 Å². The largest absolute Gasteiger partial charge is 0.469 e. The highest BCUT2D eigenvalue weighted by atomic mass is 19.1. The Kier molecular flexibility index (Phi) is 6.84. The first-order valence-electron chi connectivity index (χ1n) is 10.8. The Morgan fingerprint density at radius 2 is 1.45 bits per heavy atom. The second-order valence-electron chi connectivity index (χ2n) is 8.00. The van der Waals surface area contributed by atoms with E-state index in [1.807, 2.05) is 0 Å². The summed E-state index contributed by atoms with van der Waals surface area (Å²) < 4.78 is 32.1. The minimum atomic E-state index is -0.346. The molecule has 1 fully saturated rings. The monoisotopic (exact) mass is 453 g/mol. The maximum absolute atomic E-state index is 13.5. The lowest BCUT2D eigenvalue weighted by molar-refractivity contribution is -0.132. The molecule has 1 aliphatic rings. The van der Waals surface area contributed by atoms with E-state index in [4.69, 9.17) is 4.42 Å². The van der Waals surface area contributed by atoms with Crippen molar-refractivity contribution in [1.82, 2.24) is 15.1 Å². The SMILES string of the molecule is Cc1occc1C(=O)NCC(=O)N1CCN(C(c2ccc(F)cc2)c2ccc(F)cc2)CC1. The molecule has 0 bridgehead atoms. The summed E-state index contributed by atoms with van der Waals surface area (Å²) in [5.74, 6) is -0.647. The van der Waals surface area contributed by atoms with Crippen LogP contribution in [0.5, 0.6) is 0 Å². The zero-order valence-corrected chi connectivity index (χ0v) is 18.3. The number of piperazine rings is 1. The average molecular weight is 453 g/mol. The Morgan fingerprint density at radius 3 is 1.94 bits per heavy atom. The van der Waals surface area contributed by atoms with Crippen LogP contribution in [0.3, 0.4) is 0 Å². The van der Waals surface area contributed by atoms with E-state index in [1.54, 1.807) is 42.2 Å². The van der Waals surface area contributed by atoms with E-state index in [0.29, 0.717) is 37.5 Å². The number of hydrogen-bond acceptors (Lipinski definition) is 4. The van der Waals surface area contributed by atoms with Gasteiger partial charge in [-0.1, -0.05) is 24.3 Å². The molecule has 0 radical (unpaired) electrons. The molecule has 1 N–H and O–H groups in total. The summed E-state index contributed by atoms with van der Waals surface area (Å²) in [7, 11) is 0. The van der Waals surface area contributed by atoms with Gasteiger partial charge in [-0.25, -0.2) is 8.78 Å². The van der Waals surface area contributed by atoms with Gasteiger partial charge in [0.05, 0.1) is 24.4 Å². The number of hydrogen-bond donors (Lipinski definition) is 1. The molecule has 1 aliphatic heterocycles. The maximum atomic E-state index is 13.5. The normalized spacial score (nSPS) is 14.5. The molecule has 2 aromatic carbocycles. The minimum absolute atomic E-state index is 0.0944. The van der Waals surface area contributed by atoms with Crippen molar-refractivity contribution >= 4 is 11.8 Å². The Labute approximate surface area is 190 Å². The summed E-state index contributed by atoms with van der Waals surface area (Å²) in [5, 5.41) is 2.64. The van der Waals surface area contributed by atoms with Gasteiger partial charge in [0.1, 0.15) is 17.4 Å². The number of rotatable bonds is 6. The second-order valence-corrected chi connectivity index (χ2v) is 8.00. The third-order valence-electron chi connectivity index (χ3n) is 5.91. The second kappa shape index (κ2) is 9.95. The Balaban J connectivity index is 1.40. The molecule has 0 atom stereocenters. The number of furan rings is 1. The van der Waals surface area contributed by atoms with Gasteiger partial charge >= 0.3 is 0 Å². The van der Waals surface area contributed by atoms with Crippen molar-refractivity contribution in [2.75, 3.05) is 32.7 Å². The van der Waals surface area contributed by atoms with Crippen LogP contribution in [-0.2, 0) is 4.79 Å². The molecule has 3 aromatic rings. The van der Waals surface area contributed by atoms with Gasteiger partial charge in [-0.2, -0.15) is 0 Å². The molecule has 0 saturated carbocycles. The van der Waals surface area contributed by atoms with Gasteiger partial charge in [-0.05, 0) is 48.4 Å². The van der Waals surface area contributed by atoms with E-state index < -0.39 is 0 Å². The van der Waals surface area contributed by atoms with Gasteiger partial charge in [0.25, 0.3) is 5.91 Å². The average Bonchev–Trinajstić information content (AvgIpc) is 3.26. The third-order valence-corrected chi connectivity index (χ3v) is 5.91. The smallest absolute Gasteiger partial charge is 0.255 e. The van der Waals surface area contributed by atoms with Gasteiger partial charge in [0.15, 0.2) is 0 Å². The fourth-order valence-corrected chi connectivity index (χ4v) is 4.12. The molecule has 2 heterocycles. The van der Waals surface area contributed by atoms with Crippen LogP contribution in [0.15, 0.2) is 65.3 Å². The van der Waals surface area contributed by atoms with E-state index in [-0.39, 0.29) is 36.0 Å². The zero-order chi connectivity index (χ0) is 23.4. The van der Waals surface area contributed by atoms with Crippen molar-refractivity contribution in [2.24, 2.45) is 0 Å². The summed E-state index contributed by atoms with van der Waals surface area (Å²) in [6, 6.07) is 14.0. The molecular weight excluding hydrogens is 428 g/mol. The lowest BCUT2D eigenvalue weighted by atomic mass is 9.96. The van der Waals surface area contributed by atoms with Gasteiger partial charge < -0.3 is 14.6 Å². The van der Waals surface area contributed by atoms with Crippen molar-refractivity contribution < 1.29 is 22.8 Å². The molecule has 2 amide bonds. The number of carbonyl (C=O) groups is 2. The Bertz CT molecular complexity index is 1060. The molecule has 0 unspecified atom stereocenters. The summed E-state index contributed by atoms with van der Waals surface area (Å²) in [4.78, 5) is 28.8. The van der Waals surface area contributed by atoms with Crippen molar-refractivity contribution in [1.29, 1.82) is 0 Å². The predicted molar refractivity (Wildman–Crippen MR) is 119 cm³/mol. The number of benzene rings is 2. The topological polar surface area (TPSA) is 65.8 Å². The minimum Gasteiger partial charge on any atom is -0.469 e. The first-order chi connectivity index (χ1) is 15.9. The van der Waals surface area contributed by atoms with Crippen LogP contribution in [0, 0.1) is 18.6 Å². The van der Waals surface area contributed by atoms with Crippen LogP contribution in [0.25, 0.3) is 0 Å². The van der Waals surface area contributed by atoms with Crippen molar-refractivity contribution in [3.8, 4) is 0 Å². The van der Waals surface area contributed by atoms with Gasteiger partial charge in [-0.15, -0.1) is 0 Å². The fraction of sp³-hybridized carbons (Fsp3) is 0.280. The summed E-state index contributed by atoms with van der Waals surface area (Å²) in [5.41, 5.74) is 2.20. The molecule has 8 heteroatoms. The lowest BCUT2D eigenvalue weighted by Gasteiger charge is -2.39. The fourth-order valence-electron chi connectivity index (χ4n) is 4.12. The van der Waals surface area contributed by atoms with Crippen molar-refractivity contribution in [2.45, 2.75) is 13.0 Å². The van der Waals surface area contributed by atoms with Crippen LogP contribution < -0.4 is 5.32 Å². The number of nitrogens with zero attached hydrogens (tertiary/aromatic N) is 2. The number of amides is 2.